The Balaban J connectivity index is 2.25. The maximum Gasteiger partial charge on any atom is 0.416 e. The Morgan fingerprint density at radius 2 is 1.62 bits per heavy atom. The Morgan fingerprint density at radius 1 is 1.00 bits per heavy atom. The van der Waals surface area contributed by atoms with Crippen LogP contribution in [0.15, 0.2) is 30.5 Å². The van der Waals surface area contributed by atoms with Crippen LogP contribution >= 0.6 is 34.8 Å². The molecule has 0 fully saturated rings. The van der Waals surface area contributed by atoms with E-state index < -0.39 is 11.7 Å². The molecule has 2 aromatic carbocycles. The number of ether oxygens (including phenoxy) is 1. The van der Waals surface area contributed by atoms with Gasteiger partial charge < -0.3 is 4.74 Å². The van der Waals surface area contributed by atoms with Crippen molar-refractivity contribution in [3.8, 4) is 11.4 Å². The molecular weight excluding hydrogens is 388 g/mol. The number of hydrogen-bond donors (Lipinski definition) is 0. The lowest BCUT2D eigenvalue weighted by atomic mass is 10.2. The van der Waals surface area contributed by atoms with Crippen molar-refractivity contribution in [3.63, 3.8) is 0 Å². The standard InChI is InChI=1S/C15H8Cl3F3N2O/c1-24-13-5-12-7(2-9(13)16)6-22-23(12)14-10(17)3-8(4-11(14)18)15(19,20)21/h2-6H,1H3. The summed E-state index contributed by atoms with van der Waals surface area (Å²) < 4.78 is 45.0. The van der Waals surface area contributed by atoms with Crippen LogP contribution in [0.1, 0.15) is 5.56 Å². The first-order valence-corrected chi connectivity index (χ1v) is 7.63. The molecule has 0 amide bonds. The number of fused-ring (bicyclic) bond motifs is 1. The smallest absolute Gasteiger partial charge is 0.416 e. The van der Waals surface area contributed by atoms with Gasteiger partial charge in [0.2, 0.25) is 0 Å². The molecule has 9 heteroatoms. The lowest BCUT2D eigenvalue weighted by molar-refractivity contribution is -0.137. The van der Waals surface area contributed by atoms with Crippen LogP contribution in [0.4, 0.5) is 13.2 Å². The molecule has 0 radical (unpaired) electrons. The summed E-state index contributed by atoms with van der Waals surface area (Å²) in [5, 5.41) is 4.85. The summed E-state index contributed by atoms with van der Waals surface area (Å²) in [5.41, 5.74) is -0.246. The van der Waals surface area contributed by atoms with Crippen LogP contribution in [0.25, 0.3) is 16.6 Å². The highest BCUT2D eigenvalue weighted by Gasteiger charge is 2.32. The predicted octanol–water partition coefficient (Wildman–Crippen LogP) is 6.01. The zero-order chi connectivity index (χ0) is 17.6. The van der Waals surface area contributed by atoms with E-state index >= 15 is 0 Å². The fraction of sp³-hybridized carbons (Fsp3) is 0.133. The third kappa shape index (κ3) is 2.90. The van der Waals surface area contributed by atoms with Crippen molar-refractivity contribution in [1.82, 2.24) is 9.78 Å². The number of rotatable bonds is 2. The van der Waals surface area contributed by atoms with Gasteiger partial charge >= 0.3 is 6.18 Å². The monoisotopic (exact) mass is 394 g/mol. The van der Waals surface area contributed by atoms with Gasteiger partial charge in [0.15, 0.2) is 0 Å². The van der Waals surface area contributed by atoms with Crippen LogP contribution in [0.5, 0.6) is 5.75 Å². The number of nitrogens with zero attached hydrogens (tertiary/aromatic N) is 2. The van der Waals surface area contributed by atoms with Gasteiger partial charge in [-0.15, -0.1) is 0 Å². The predicted molar refractivity (Wildman–Crippen MR) is 87.7 cm³/mol. The highest BCUT2D eigenvalue weighted by molar-refractivity contribution is 6.38. The maximum absolute atomic E-state index is 12.8. The second-order valence-electron chi connectivity index (χ2n) is 4.89. The summed E-state index contributed by atoms with van der Waals surface area (Å²) >= 11 is 18.1. The SMILES string of the molecule is COc1cc2c(cnn2-c2c(Cl)cc(C(F)(F)F)cc2Cl)cc1Cl. The first-order chi connectivity index (χ1) is 11.2. The number of aromatic nitrogens is 2. The molecule has 24 heavy (non-hydrogen) atoms. The molecule has 0 saturated carbocycles. The minimum atomic E-state index is -4.55. The van der Waals surface area contributed by atoms with Gasteiger partial charge in [-0.25, -0.2) is 4.68 Å². The van der Waals surface area contributed by atoms with Gasteiger partial charge in [-0.05, 0) is 18.2 Å². The van der Waals surface area contributed by atoms with Gasteiger partial charge in [0.25, 0.3) is 0 Å². The second-order valence-corrected chi connectivity index (χ2v) is 6.11. The van der Waals surface area contributed by atoms with E-state index in [4.69, 9.17) is 39.5 Å². The normalized spacial score (nSPS) is 12.0. The van der Waals surface area contributed by atoms with Crippen LogP contribution in [-0.2, 0) is 6.18 Å². The number of alkyl halides is 3. The molecule has 1 heterocycles. The molecule has 0 bridgehead atoms. The molecule has 0 aliphatic rings. The summed E-state index contributed by atoms with van der Waals surface area (Å²) in [5.74, 6) is 0.394. The van der Waals surface area contributed by atoms with Gasteiger partial charge in [0.1, 0.15) is 11.4 Å². The van der Waals surface area contributed by atoms with Gasteiger partial charge in [-0.3, -0.25) is 0 Å². The van der Waals surface area contributed by atoms with Crippen LogP contribution in [-0.4, -0.2) is 16.9 Å². The first kappa shape index (κ1) is 17.2. The molecule has 0 aliphatic heterocycles. The van der Waals surface area contributed by atoms with Gasteiger partial charge in [0.05, 0.1) is 39.5 Å². The van der Waals surface area contributed by atoms with Crippen molar-refractivity contribution in [2.75, 3.05) is 7.11 Å². The Labute approximate surface area is 149 Å². The van der Waals surface area contributed by atoms with Crippen molar-refractivity contribution in [3.05, 3.63) is 51.1 Å². The molecule has 0 saturated heterocycles. The van der Waals surface area contributed by atoms with E-state index in [1.807, 2.05) is 0 Å². The second kappa shape index (κ2) is 6.02. The summed E-state index contributed by atoms with van der Waals surface area (Å²) in [7, 11) is 1.45. The summed E-state index contributed by atoms with van der Waals surface area (Å²) in [6.07, 6.45) is -3.04. The van der Waals surface area contributed by atoms with Gasteiger partial charge in [0, 0.05) is 11.5 Å². The van der Waals surface area contributed by atoms with Crippen LogP contribution in [0.3, 0.4) is 0 Å². The molecule has 126 valence electrons. The molecule has 3 rings (SSSR count). The summed E-state index contributed by atoms with van der Waals surface area (Å²) in [4.78, 5) is 0. The molecule has 0 N–H and O–H groups in total. The highest BCUT2D eigenvalue weighted by Crippen LogP contribution is 2.39. The fourth-order valence-corrected chi connectivity index (χ4v) is 3.19. The third-order valence-corrected chi connectivity index (χ3v) is 4.27. The van der Waals surface area contributed by atoms with Crippen LogP contribution < -0.4 is 4.74 Å². The van der Waals surface area contributed by atoms with Crippen molar-refractivity contribution >= 4 is 45.7 Å². The van der Waals surface area contributed by atoms with Crippen molar-refractivity contribution < 1.29 is 17.9 Å². The zero-order valence-corrected chi connectivity index (χ0v) is 14.2. The minimum Gasteiger partial charge on any atom is -0.495 e. The Hall–Kier alpha value is -1.63. The largest absolute Gasteiger partial charge is 0.495 e. The molecule has 1 aromatic heterocycles. The average molecular weight is 396 g/mol. The lowest BCUT2D eigenvalue weighted by Gasteiger charge is -2.13. The topological polar surface area (TPSA) is 27.1 Å². The Kier molecular flexibility index (Phi) is 4.32. The van der Waals surface area contributed by atoms with Crippen LogP contribution in [0.2, 0.25) is 15.1 Å². The Morgan fingerprint density at radius 3 is 2.17 bits per heavy atom. The molecule has 0 aliphatic carbocycles. The quantitative estimate of drug-likeness (QED) is 0.531. The average Bonchev–Trinajstić information content (AvgIpc) is 2.87. The number of benzene rings is 2. The van der Waals surface area contributed by atoms with Crippen molar-refractivity contribution in [1.29, 1.82) is 0 Å². The molecule has 0 atom stereocenters. The summed E-state index contributed by atoms with van der Waals surface area (Å²) in [6, 6.07) is 4.85. The highest BCUT2D eigenvalue weighted by atomic mass is 35.5. The molecule has 3 aromatic rings. The first-order valence-electron chi connectivity index (χ1n) is 6.50. The number of hydrogen-bond acceptors (Lipinski definition) is 2. The van der Waals surface area contributed by atoms with Gasteiger partial charge in [-0.1, -0.05) is 34.8 Å². The Bertz CT molecular complexity index is 915. The summed E-state index contributed by atoms with van der Waals surface area (Å²) in [6.45, 7) is 0. The van der Waals surface area contributed by atoms with Gasteiger partial charge in [-0.2, -0.15) is 18.3 Å². The van der Waals surface area contributed by atoms with Crippen molar-refractivity contribution in [2.45, 2.75) is 6.18 Å². The number of methoxy groups -OCH3 is 1. The van der Waals surface area contributed by atoms with E-state index in [1.54, 1.807) is 12.1 Å². The van der Waals surface area contributed by atoms with E-state index in [0.717, 1.165) is 12.1 Å². The maximum atomic E-state index is 12.8. The molecule has 0 unspecified atom stereocenters. The van der Waals surface area contributed by atoms with E-state index in [9.17, 15) is 13.2 Å². The number of halogens is 6. The zero-order valence-electron chi connectivity index (χ0n) is 12.0. The van der Waals surface area contributed by atoms with E-state index in [0.29, 0.717) is 21.7 Å². The molecule has 0 spiro atoms. The van der Waals surface area contributed by atoms with E-state index in [-0.39, 0.29) is 15.7 Å². The molecule has 3 nitrogen and oxygen atoms in total. The van der Waals surface area contributed by atoms with Crippen molar-refractivity contribution in [2.24, 2.45) is 0 Å². The molecular formula is C15H8Cl3F3N2O. The fourth-order valence-electron chi connectivity index (χ4n) is 2.29. The third-order valence-electron chi connectivity index (χ3n) is 3.40. The van der Waals surface area contributed by atoms with E-state index in [1.165, 1.54) is 18.0 Å². The minimum absolute atomic E-state index is 0.144. The van der Waals surface area contributed by atoms with Crippen LogP contribution in [0, 0.1) is 0 Å². The lowest BCUT2D eigenvalue weighted by Crippen LogP contribution is -2.07. The van der Waals surface area contributed by atoms with E-state index in [2.05, 4.69) is 5.10 Å².